The van der Waals surface area contributed by atoms with Crippen molar-refractivity contribution in [2.45, 2.75) is 25.7 Å². The molecule has 154 valence electrons. The fourth-order valence-electron chi connectivity index (χ4n) is 2.01. The van der Waals surface area contributed by atoms with E-state index in [0.29, 0.717) is 6.42 Å². The second kappa shape index (κ2) is 16.7. The summed E-state index contributed by atoms with van der Waals surface area (Å²) in [6.45, 7) is 2.06. The molecule has 0 spiro atoms. The lowest BCUT2D eigenvalue weighted by Gasteiger charge is -1.88. The van der Waals surface area contributed by atoms with Crippen LogP contribution < -0.4 is 0 Å². The Morgan fingerprint density at radius 1 is 0.793 bits per heavy atom. The van der Waals surface area contributed by atoms with Crippen molar-refractivity contribution in [3.8, 4) is 23.7 Å². The Bertz CT molecular complexity index is 720. The van der Waals surface area contributed by atoms with Crippen molar-refractivity contribution in [3.63, 3.8) is 0 Å². The van der Waals surface area contributed by atoms with Crippen molar-refractivity contribution >= 4 is 15.9 Å². The van der Waals surface area contributed by atoms with Crippen molar-refractivity contribution in [2.24, 2.45) is 0 Å². The van der Waals surface area contributed by atoms with Crippen molar-refractivity contribution in [3.05, 3.63) is 71.3 Å². The van der Waals surface area contributed by atoms with Gasteiger partial charge in [0.2, 0.25) is 0 Å². The van der Waals surface area contributed by atoms with E-state index in [1.54, 1.807) is 24.3 Å². The van der Waals surface area contributed by atoms with Gasteiger partial charge in [-0.05, 0) is 61.4 Å². The highest BCUT2D eigenvalue weighted by Crippen LogP contribution is 2.01. The summed E-state index contributed by atoms with van der Waals surface area (Å²) in [4.78, 5) is 0. The van der Waals surface area contributed by atoms with Crippen LogP contribution in [0.5, 0.6) is 0 Å². The lowest BCUT2D eigenvalue weighted by molar-refractivity contribution is 0.198. The summed E-state index contributed by atoms with van der Waals surface area (Å²) >= 11 is 3.27. The van der Waals surface area contributed by atoms with Gasteiger partial charge in [0.05, 0.1) is 6.61 Å². The fraction of sp³-hybridized carbons (Fsp3) is 0.333. The molecule has 2 nitrogen and oxygen atoms in total. The number of aliphatic hydroxyl groups is 1. The van der Waals surface area contributed by atoms with Crippen LogP contribution >= 0.6 is 15.9 Å². The number of hydrogen-bond acceptors (Lipinski definition) is 2. The van der Waals surface area contributed by atoms with Crippen molar-refractivity contribution in [2.75, 3.05) is 25.2 Å². The number of alkyl halides is 1. The maximum absolute atomic E-state index is 12.4. The summed E-state index contributed by atoms with van der Waals surface area (Å²) in [6.07, 6.45) is 3.83. The van der Waals surface area contributed by atoms with E-state index in [1.165, 1.54) is 37.1 Å². The first kappa shape index (κ1) is 24.9. The second-order valence-electron chi connectivity index (χ2n) is 5.85. The van der Waals surface area contributed by atoms with Gasteiger partial charge in [-0.2, -0.15) is 0 Å². The summed E-state index contributed by atoms with van der Waals surface area (Å²) in [7, 11) is 0. The van der Waals surface area contributed by atoms with Gasteiger partial charge >= 0.3 is 0 Å². The zero-order chi connectivity index (χ0) is 21.2. The van der Waals surface area contributed by atoms with Crippen LogP contribution in [0.1, 0.15) is 36.8 Å². The van der Waals surface area contributed by atoms with Crippen molar-refractivity contribution < 1.29 is 18.6 Å². The number of aliphatic hydroxyl groups excluding tert-OH is 1. The Kier molecular flexibility index (Phi) is 14.4. The van der Waals surface area contributed by atoms with Gasteiger partial charge in [-0.3, -0.25) is 0 Å². The molecule has 1 heterocycles. The molecule has 5 heteroatoms. The average molecular weight is 463 g/mol. The number of rotatable bonds is 2. The van der Waals surface area contributed by atoms with Gasteiger partial charge in [-0.15, -0.1) is 0 Å². The van der Waals surface area contributed by atoms with Crippen LogP contribution in [0, 0.1) is 35.3 Å². The molecule has 0 aromatic heterocycles. The van der Waals surface area contributed by atoms with Gasteiger partial charge in [-0.25, -0.2) is 8.78 Å². The molecule has 0 radical (unpaired) electrons. The van der Waals surface area contributed by atoms with E-state index >= 15 is 0 Å². The molecule has 1 fully saturated rings. The molecule has 0 atom stereocenters. The minimum absolute atomic E-state index is 0.0637. The molecule has 0 bridgehead atoms. The Balaban J connectivity index is 0.000000235. The Morgan fingerprint density at radius 3 is 1.59 bits per heavy atom. The minimum atomic E-state index is -0.261. The number of hydrogen-bond donors (Lipinski definition) is 1. The fourth-order valence-corrected chi connectivity index (χ4v) is 2.21. The molecule has 0 unspecified atom stereocenters. The van der Waals surface area contributed by atoms with Crippen molar-refractivity contribution in [1.29, 1.82) is 0 Å². The highest BCUT2D eigenvalue weighted by molar-refractivity contribution is 9.09. The third kappa shape index (κ3) is 13.6. The maximum Gasteiger partial charge on any atom is 0.123 e. The van der Waals surface area contributed by atoms with E-state index in [-0.39, 0.29) is 18.2 Å². The molecular formula is C24H25BrF2O2. The lowest BCUT2D eigenvalue weighted by Crippen LogP contribution is -1.78. The SMILES string of the molecule is C1CCOC1.Fc1ccc(C#CCCBr)cc1.OCCC#Cc1ccc(F)cc1. The summed E-state index contributed by atoms with van der Waals surface area (Å²) < 4.78 is 29.8. The molecule has 0 aliphatic carbocycles. The van der Waals surface area contributed by atoms with E-state index in [1.807, 2.05) is 0 Å². The predicted octanol–water partition coefficient (Wildman–Crippen LogP) is 5.32. The average Bonchev–Trinajstić information content (AvgIpc) is 3.32. The van der Waals surface area contributed by atoms with Gasteiger partial charge in [0.15, 0.2) is 0 Å². The smallest absolute Gasteiger partial charge is 0.123 e. The summed E-state index contributed by atoms with van der Waals surface area (Å²) in [5.74, 6) is 10.9. The largest absolute Gasteiger partial charge is 0.395 e. The van der Waals surface area contributed by atoms with Crippen LogP contribution in [-0.4, -0.2) is 30.3 Å². The number of ether oxygens (including phenoxy) is 1. The quantitative estimate of drug-likeness (QED) is 0.483. The normalized spacial score (nSPS) is 11.4. The first-order chi connectivity index (χ1) is 14.2. The van der Waals surface area contributed by atoms with Crippen molar-refractivity contribution in [1.82, 2.24) is 0 Å². The lowest BCUT2D eigenvalue weighted by atomic mass is 10.2. The Morgan fingerprint density at radius 2 is 1.24 bits per heavy atom. The number of benzene rings is 2. The molecule has 1 N–H and O–H groups in total. The number of halogens is 3. The van der Waals surface area contributed by atoms with E-state index in [0.717, 1.165) is 36.1 Å². The van der Waals surface area contributed by atoms with Crippen LogP contribution in [0.3, 0.4) is 0 Å². The molecular weight excluding hydrogens is 438 g/mol. The third-order valence-electron chi connectivity index (χ3n) is 3.44. The van der Waals surface area contributed by atoms with Gasteiger partial charge in [0.1, 0.15) is 11.6 Å². The molecule has 2 aromatic carbocycles. The predicted molar refractivity (Wildman–Crippen MR) is 117 cm³/mol. The molecule has 29 heavy (non-hydrogen) atoms. The van der Waals surface area contributed by atoms with Crippen LogP contribution in [0.2, 0.25) is 0 Å². The summed E-state index contributed by atoms with van der Waals surface area (Å²) in [6, 6.07) is 12.1. The first-order valence-electron chi connectivity index (χ1n) is 9.39. The van der Waals surface area contributed by atoms with E-state index in [2.05, 4.69) is 39.6 Å². The molecule has 2 aromatic rings. The van der Waals surface area contributed by atoms with Crippen LogP contribution in [0.25, 0.3) is 0 Å². The molecule has 0 amide bonds. The Labute approximate surface area is 180 Å². The van der Waals surface area contributed by atoms with Crippen LogP contribution in [0.4, 0.5) is 8.78 Å². The first-order valence-corrected chi connectivity index (χ1v) is 10.5. The second-order valence-corrected chi connectivity index (χ2v) is 6.64. The van der Waals surface area contributed by atoms with Gasteiger partial charge in [0, 0.05) is 42.5 Å². The highest BCUT2D eigenvalue weighted by Gasteiger charge is 1.94. The Hall–Kier alpha value is -2.18. The van der Waals surface area contributed by atoms with E-state index in [9.17, 15) is 8.78 Å². The van der Waals surface area contributed by atoms with Gasteiger partial charge in [-0.1, -0.05) is 39.6 Å². The molecule has 0 saturated carbocycles. The maximum atomic E-state index is 12.4. The third-order valence-corrected chi connectivity index (χ3v) is 3.83. The molecule has 3 rings (SSSR count). The van der Waals surface area contributed by atoms with Gasteiger partial charge < -0.3 is 9.84 Å². The summed E-state index contributed by atoms with van der Waals surface area (Å²) in [5, 5.41) is 9.30. The molecule has 1 saturated heterocycles. The zero-order valence-corrected chi connectivity index (χ0v) is 17.9. The van der Waals surface area contributed by atoms with E-state index < -0.39 is 0 Å². The molecule has 1 aliphatic heterocycles. The summed E-state index contributed by atoms with van der Waals surface area (Å²) in [5.41, 5.74) is 1.63. The zero-order valence-electron chi connectivity index (χ0n) is 16.3. The van der Waals surface area contributed by atoms with Crippen LogP contribution in [-0.2, 0) is 4.74 Å². The monoisotopic (exact) mass is 462 g/mol. The molecule has 1 aliphatic rings. The van der Waals surface area contributed by atoms with E-state index in [4.69, 9.17) is 9.84 Å². The topological polar surface area (TPSA) is 29.5 Å². The van der Waals surface area contributed by atoms with Gasteiger partial charge in [0.25, 0.3) is 0 Å². The minimum Gasteiger partial charge on any atom is -0.395 e. The van der Waals surface area contributed by atoms with Crippen LogP contribution in [0.15, 0.2) is 48.5 Å². The standard InChI is InChI=1S/C10H8BrF.C10H9FO.C4H8O/c11-8-2-1-3-9-4-6-10(12)7-5-9;11-10-6-4-9(5-7-10)3-1-2-8-12;1-2-4-5-3-1/h4-7H,2,8H2;4-7,12H,2,8H2;1-4H2. The highest BCUT2D eigenvalue weighted by atomic mass is 79.9.